The van der Waals surface area contributed by atoms with Crippen LogP contribution in [0.4, 0.5) is 18.9 Å². The lowest BCUT2D eigenvalue weighted by Gasteiger charge is -2.08. The maximum Gasteiger partial charge on any atom is 0.389 e. The molecule has 1 aromatic rings. The summed E-state index contributed by atoms with van der Waals surface area (Å²) in [6, 6.07) is 5.62. The van der Waals surface area contributed by atoms with Crippen molar-refractivity contribution < 1.29 is 13.2 Å². The van der Waals surface area contributed by atoms with Crippen molar-refractivity contribution in [3.8, 4) is 0 Å². The van der Waals surface area contributed by atoms with Crippen LogP contribution in [0.15, 0.2) is 18.2 Å². The molecule has 0 saturated carbocycles. The fourth-order valence-electron chi connectivity index (χ4n) is 1.49. The van der Waals surface area contributed by atoms with Gasteiger partial charge in [-0.05, 0) is 37.1 Å². The monoisotopic (exact) mass is 246 g/mol. The Balaban J connectivity index is 2.25. The quantitative estimate of drug-likeness (QED) is 0.619. The smallest absolute Gasteiger partial charge is 0.389 e. The van der Waals surface area contributed by atoms with Crippen molar-refractivity contribution in [2.75, 3.05) is 12.3 Å². The van der Waals surface area contributed by atoms with E-state index in [9.17, 15) is 13.2 Å². The van der Waals surface area contributed by atoms with Crippen molar-refractivity contribution >= 4 is 5.69 Å². The zero-order chi connectivity index (χ0) is 12.9. The van der Waals surface area contributed by atoms with Gasteiger partial charge in [0.25, 0.3) is 0 Å². The number of halogens is 3. The second-order valence-electron chi connectivity index (χ2n) is 4.09. The average Bonchev–Trinajstić information content (AvgIpc) is 2.21. The van der Waals surface area contributed by atoms with Crippen LogP contribution in [-0.4, -0.2) is 12.7 Å². The van der Waals surface area contributed by atoms with E-state index in [2.05, 4.69) is 5.32 Å². The number of nitrogen functional groups attached to an aromatic ring is 1. The van der Waals surface area contributed by atoms with E-state index in [1.165, 1.54) is 0 Å². The summed E-state index contributed by atoms with van der Waals surface area (Å²) in [5.74, 6) is 0. The fourth-order valence-corrected chi connectivity index (χ4v) is 1.49. The first-order valence-corrected chi connectivity index (χ1v) is 5.51. The standard InChI is InChI=1S/C12H17F3N2/c1-9-7-10(3-4-11(9)16)8-17-6-2-5-12(13,14)15/h3-4,7,17H,2,5-6,8,16H2,1H3. The van der Waals surface area contributed by atoms with E-state index in [1.54, 1.807) is 0 Å². The summed E-state index contributed by atoms with van der Waals surface area (Å²) in [6.07, 6.45) is -4.68. The molecule has 0 atom stereocenters. The molecular formula is C12H17F3N2. The second-order valence-corrected chi connectivity index (χ2v) is 4.09. The number of hydrogen-bond donors (Lipinski definition) is 2. The molecule has 0 amide bonds. The molecule has 5 heteroatoms. The molecule has 0 aliphatic rings. The zero-order valence-electron chi connectivity index (χ0n) is 9.77. The van der Waals surface area contributed by atoms with Crippen LogP contribution >= 0.6 is 0 Å². The third-order valence-electron chi connectivity index (χ3n) is 2.48. The lowest BCUT2D eigenvalue weighted by Crippen LogP contribution is -2.17. The van der Waals surface area contributed by atoms with E-state index in [-0.39, 0.29) is 6.42 Å². The predicted octanol–water partition coefficient (Wildman–Crippen LogP) is 3.01. The van der Waals surface area contributed by atoms with E-state index in [4.69, 9.17) is 5.73 Å². The number of aryl methyl sites for hydroxylation is 1. The maximum absolute atomic E-state index is 11.9. The Morgan fingerprint density at radius 2 is 2.00 bits per heavy atom. The minimum absolute atomic E-state index is 0.109. The summed E-state index contributed by atoms with van der Waals surface area (Å²) in [7, 11) is 0. The molecule has 1 aromatic carbocycles. The molecule has 0 aliphatic heterocycles. The van der Waals surface area contributed by atoms with Gasteiger partial charge in [-0.15, -0.1) is 0 Å². The molecule has 0 radical (unpaired) electrons. The Bertz CT molecular complexity index is 361. The van der Waals surface area contributed by atoms with Crippen LogP contribution in [0.3, 0.4) is 0 Å². The highest BCUT2D eigenvalue weighted by atomic mass is 19.4. The van der Waals surface area contributed by atoms with Crippen molar-refractivity contribution in [2.24, 2.45) is 0 Å². The summed E-state index contributed by atoms with van der Waals surface area (Å²) >= 11 is 0. The zero-order valence-corrected chi connectivity index (χ0v) is 9.77. The Hall–Kier alpha value is -1.23. The topological polar surface area (TPSA) is 38.0 Å². The van der Waals surface area contributed by atoms with Crippen LogP contribution in [0.5, 0.6) is 0 Å². The van der Waals surface area contributed by atoms with Crippen molar-refractivity contribution in [1.82, 2.24) is 5.32 Å². The largest absolute Gasteiger partial charge is 0.399 e. The summed E-state index contributed by atoms with van der Waals surface area (Å²) in [4.78, 5) is 0. The third-order valence-corrected chi connectivity index (χ3v) is 2.48. The van der Waals surface area contributed by atoms with E-state index in [0.717, 1.165) is 16.8 Å². The minimum Gasteiger partial charge on any atom is -0.399 e. The molecule has 17 heavy (non-hydrogen) atoms. The van der Waals surface area contributed by atoms with Gasteiger partial charge in [-0.25, -0.2) is 0 Å². The van der Waals surface area contributed by atoms with E-state index in [0.29, 0.717) is 13.1 Å². The summed E-state index contributed by atoms with van der Waals surface area (Å²) in [6.45, 7) is 2.84. The summed E-state index contributed by atoms with van der Waals surface area (Å²) in [5.41, 5.74) is 8.41. The van der Waals surface area contributed by atoms with Gasteiger partial charge in [-0.1, -0.05) is 12.1 Å². The van der Waals surface area contributed by atoms with Crippen LogP contribution in [0.25, 0.3) is 0 Å². The van der Waals surface area contributed by atoms with Crippen LogP contribution < -0.4 is 11.1 Å². The molecule has 3 N–H and O–H groups in total. The van der Waals surface area contributed by atoms with Crippen LogP contribution in [-0.2, 0) is 6.54 Å². The fraction of sp³-hybridized carbons (Fsp3) is 0.500. The van der Waals surface area contributed by atoms with Crippen LogP contribution in [0, 0.1) is 6.92 Å². The molecular weight excluding hydrogens is 229 g/mol. The van der Waals surface area contributed by atoms with Gasteiger partial charge in [0.05, 0.1) is 0 Å². The van der Waals surface area contributed by atoms with E-state index < -0.39 is 12.6 Å². The number of rotatable bonds is 5. The molecule has 0 heterocycles. The summed E-state index contributed by atoms with van der Waals surface area (Å²) in [5, 5.41) is 2.98. The second kappa shape index (κ2) is 5.91. The van der Waals surface area contributed by atoms with Crippen molar-refractivity contribution in [1.29, 1.82) is 0 Å². The molecule has 96 valence electrons. The Kier molecular flexibility index (Phi) is 4.81. The molecule has 1 rings (SSSR count). The lowest BCUT2D eigenvalue weighted by atomic mass is 10.1. The van der Waals surface area contributed by atoms with Gasteiger partial charge in [0.2, 0.25) is 0 Å². The number of hydrogen-bond acceptors (Lipinski definition) is 2. The highest BCUT2D eigenvalue weighted by Crippen LogP contribution is 2.20. The normalized spacial score (nSPS) is 11.8. The molecule has 0 fully saturated rings. The first-order chi connectivity index (χ1) is 7.88. The van der Waals surface area contributed by atoms with E-state index in [1.807, 2.05) is 25.1 Å². The molecule has 0 saturated heterocycles. The molecule has 0 aliphatic carbocycles. The lowest BCUT2D eigenvalue weighted by molar-refractivity contribution is -0.135. The number of nitrogens with two attached hydrogens (primary N) is 1. The molecule has 0 spiro atoms. The number of anilines is 1. The predicted molar refractivity (Wildman–Crippen MR) is 62.6 cm³/mol. The van der Waals surface area contributed by atoms with Gasteiger partial charge < -0.3 is 11.1 Å². The Morgan fingerprint density at radius 3 is 2.59 bits per heavy atom. The van der Waals surface area contributed by atoms with Gasteiger partial charge >= 0.3 is 6.18 Å². The molecule has 0 aromatic heterocycles. The number of alkyl halides is 3. The van der Waals surface area contributed by atoms with Crippen molar-refractivity contribution in [3.63, 3.8) is 0 Å². The molecule has 0 bridgehead atoms. The van der Waals surface area contributed by atoms with Crippen molar-refractivity contribution in [2.45, 2.75) is 32.5 Å². The molecule has 2 nitrogen and oxygen atoms in total. The van der Waals surface area contributed by atoms with Crippen LogP contribution in [0.1, 0.15) is 24.0 Å². The highest BCUT2D eigenvalue weighted by Gasteiger charge is 2.25. The number of benzene rings is 1. The SMILES string of the molecule is Cc1cc(CNCCCC(F)(F)F)ccc1N. The average molecular weight is 246 g/mol. The van der Waals surface area contributed by atoms with E-state index >= 15 is 0 Å². The van der Waals surface area contributed by atoms with Gasteiger partial charge in [0.15, 0.2) is 0 Å². The summed E-state index contributed by atoms with van der Waals surface area (Å²) < 4.78 is 35.6. The van der Waals surface area contributed by atoms with Gasteiger partial charge in [0.1, 0.15) is 0 Å². The van der Waals surface area contributed by atoms with Gasteiger partial charge in [0, 0.05) is 18.7 Å². The maximum atomic E-state index is 11.9. The Labute approximate surface area is 99.0 Å². The van der Waals surface area contributed by atoms with Crippen molar-refractivity contribution in [3.05, 3.63) is 29.3 Å². The first-order valence-electron chi connectivity index (χ1n) is 5.51. The third kappa shape index (κ3) is 5.58. The Morgan fingerprint density at radius 1 is 1.29 bits per heavy atom. The van der Waals surface area contributed by atoms with Gasteiger partial charge in [-0.2, -0.15) is 13.2 Å². The highest BCUT2D eigenvalue weighted by molar-refractivity contribution is 5.47. The minimum atomic E-state index is -4.06. The first kappa shape index (κ1) is 13.8. The van der Waals surface area contributed by atoms with Crippen LogP contribution in [0.2, 0.25) is 0 Å². The van der Waals surface area contributed by atoms with Gasteiger partial charge in [-0.3, -0.25) is 0 Å². The molecule has 0 unspecified atom stereocenters. The number of nitrogens with one attached hydrogen (secondary N) is 1.